The predicted octanol–water partition coefficient (Wildman–Crippen LogP) is 9.23. The Kier molecular flexibility index (Phi) is 9.42. The molecule has 7 nitrogen and oxygen atoms in total. The molecule has 1 amide bonds. The second-order valence-electron chi connectivity index (χ2n) is 13.5. The number of nitrogens with zero attached hydrogens (tertiary/aromatic N) is 1. The largest absolute Gasteiger partial charge is 0.480 e. The van der Waals surface area contributed by atoms with Gasteiger partial charge >= 0.3 is 0 Å². The standard InChI is InChI=1S/C43H43NO6/c1-29-37-27-35(49-40-16-5-7-25-47-40)21-22-38(37)50-42(41(29)32-12-8-13-34(26-32)48-39-15-4-6-24-46-39)31-19-17-30(18-20-31)10-9-23-44-28-33-11-2-3-14-36(33)43(44)45/h2-3,8-14,17-22,26-27,39-40,42H,4-7,15-16,23-25,28H2,1H3/b10-9-. The Labute approximate surface area is 294 Å². The molecule has 0 aliphatic carbocycles. The molecule has 0 spiro atoms. The zero-order chi connectivity index (χ0) is 33.9. The number of ether oxygens (including phenoxy) is 5. The van der Waals surface area contributed by atoms with Crippen LogP contribution in [0.1, 0.15) is 89.7 Å². The van der Waals surface area contributed by atoms with Crippen LogP contribution < -0.4 is 14.2 Å². The van der Waals surface area contributed by atoms with Crippen molar-refractivity contribution in [2.24, 2.45) is 0 Å². The Balaban J connectivity index is 1.06. The van der Waals surface area contributed by atoms with Crippen LogP contribution in [0.5, 0.6) is 17.2 Å². The Morgan fingerprint density at radius 3 is 2.24 bits per heavy atom. The lowest BCUT2D eigenvalue weighted by Gasteiger charge is -2.32. The van der Waals surface area contributed by atoms with Crippen molar-refractivity contribution < 1.29 is 28.5 Å². The summed E-state index contributed by atoms with van der Waals surface area (Å²) in [4.78, 5) is 14.7. The average Bonchev–Trinajstić information content (AvgIpc) is 3.47. The normalized spacial score (nSPS) is 21.9. The van der Waals surface area contributed by atoms with E-state index in [2.05, 4.69) is 61.5 Å². The first-order valence-electron chi connectivity index (χ1n) is 17.9. The van der Waals surface area contributed by atoms with E-state index in [0.717, 1.165) is 114 Å². The van der Waals surface area contributed by atoms with Gasteiger partial charge in [0.1, 0.15) is 23.4 Å². The van der Waals surface area contributed by atoms with Crippen LogP contribution in [0.15, 0.2) is 97.1 Å². The Morgan fingerprint density at radius 2 is 1.52 bits per heavy atom. The van der Waals surface area contributed by atoms with E-state index in [9.17, 15) is 4.79 Å². The summed E-state index contributed by atoms with van der Waals surface area (Å²) in [6.45, 7) is 4.84. The molecule has 4 aliphatic rings. The predicted molar refractivity (Wildman–Crippen MR) is 194 cm³/mol. The van der Waals surface area contributed by atoms with E-state index >= 15 is 0 Å². The monoisotopic (exact) mass is 669 g/mol. The number of benzene rings is 4. The smallest absolute Gasteiger partial charge is 0.254 e. The molecular formula is C43H43NO6. The van der Waals surface area contributed by atoms with Gasteiger partial charge < -0.3 is 28.6 Å². The third-order valence-electron chi connectivity index (χ3n) is 9.99. The van der Waals surface area contributed by atoms with E-state index in [-0.39, 0.29) is 24.6 Å². The van der Waals surface area contributed by atoms with Crippen LogP contribution in [-0.4, -0.2) is 43.1 Å². The maximum absolute atomic E-state index is 12.8. The molecule has 0 aromatic heterocycles. The minimum absolute atomic E-state index is 0.0896. The lowest BCUT2D eigenvalue weighted by Crippen LogP contribution is -2.25. The molecule has 2 fully saturated rings. The van der Waals surface area contributed by atoms with Crippen LogP contribution in [0.4, 0.5) is 0 Å². The lowest BCUT2D eigenvalue weighted by atomic mass is 9.86. The fraction of sp³-hybridized carbons (Fsp3) is 0.326. The second kappa shape index (κ2) is 14.6. The highest BCUT2D eigenvalue weighted by Gasteiger charge is 2.31. The summed E-state index contributed by atoms with van der Waals surface area (Å²) >= 11 is 0. The van der Waals surface area contributed by atoms with E-state index in [1.807, 2.05) is 53.4 Å². The molecule has 4 aromatic carbocycles. The van der Waals surface area contributed by atoms with Gasteiger partial charge in [0, 0.05) is 42.6 Å². The summed E-state index contributed by atoms with van der Waals surface area (Å²) in [7, 11) is 0. The highest BCUT2D eigenvalue weighted by molar-refractivity contribution is 5.98. The maximum Gasteiger partial charge on any atom is 0.254 e. The van der Waals surface area contributed by atoms with E-state index in [1.165, 1.54) is 0 Å². The minimum Gasteiger partial charge on any atom is -0.480 e. The van der Waals surface area contributed by atoms with E-state index < -0.39 is 0 Å². The van der Waals surface area contributed by atoms with Gasteiger partial charge in [-0.05, 0) is 96.8 Å². The molecule has 7 heteroatoms. The molecule has 0 bridgehead atoms. The van der Waals surface area contributed by atoms with Crippen LogP contribution in [0.25, 0.3) is 17.2 Å². The van der Waals surface area contributed by atoms with Crippen molar-refractivity contribution in [2.75, 3.05) is 19.8 Å². The van der Waals surface area contributed by atoms with Gasteiger partial charge in [-0.25, -0.2) is 0 Å². The van der Waals surface area contributed by atoms with Gasteiger partial charge in [-0.1, -0.05) is 66.7 Å². The fourth-order valence-electron chi connectivity index (χ4n) is 7.32. The van der Waals surface area contributed by atoms with Gasteiger partial charge in [0.25, 0.3) is 5.91 Å². The van der Waals surface area contributed by atoms with E-state index in [1.54, 1.807) is 0 Å². The van der Waals surface area contributed by atoms with Crippen molar-refractivity contribution in [2.45, 2.75) is 70.7 Å². The van der Waals surface area contributed by atoms with Crippen molar-refractivity contribution in [3.05, 3.63) is 130 Å². The minimum atomic E-state index is -0.337. The Hall–Kier alpha value is -4.85. The van der Waals surface area contributed by atoms with Crippen molar-refractivity contribution in [3.8, 4) is 17.2 Å². The number of fused-ring (bicyclic) bond motifs is 2. The molecule has 256 valence electrons. The third kappa shape index (κ3) is 6.93. The van der Waals surface area contributed by atoms with Crippen LogP contribution >= 0.6 is 0 Å². The van der Waals surface area contributed by atoms with Crippen LogP contribution in [0.3, 0.4) is 0 Å². The van der Waals surface area contributed by atoms with Crippen LogP contribution in [0, 0.1) is 0 Å². The number of hydrogen-bond acceptors (Lipinski definition) is 6. The Morgan fingerprint density at radius 1 is 0.780 bits per heavy atom. The van der Waals surface area contributed by atoms with Gasteiger partial charge in [0.2, 0.25) is 0 Å². The van der Waals surface area contributed by atoms with Crippen LogP contribution in [0.2, 0.25) is 0 Å². The van der Waals surface area contributed by atoms with E-state index in [4.69, 9.17) is 23.7 Å². The van der Waals surface area contributed by atoms with Crippen molar-refractivity contribution in [1.82, 2.24) is 4.90 Å². The van der Waals surface area contributed by atoms with Gasteiger partial charge in [-0.15, -0.1) is 0 Å². The summed E-state index contributed by atoms with van der Waals surface area (Å²) in [6, 6.07) is 30.6. The zero-order valence-electron chi connectivity index (χ0n) is 28.5. The quantitative estimate of drug-likeness (QED) is 0.177. The number of carbonyl (C=O) groups excluding carboxylic acids is 1. The first kappa shape index (κ1) is 32.4. The van der Waals surface area contributed by atoms with Crippen molar-refractivity contribution in [3.63, 3.8) is 0 Å². The molecule has 0 radical (unpaired) electrons. The molecule has 3 unspecified atom stereocenters. The zero-order valence-corrected chi connectivity index (χ0v) is 28.5. The number of carbonyl (C=O) groups is 1. The van der Waals surface area contributed by atoms with Gasteiger partial charge in [-0.2, -0.15) is 0 Å². The number of rotatable bonds is 9. The van der Waals surface area contributed by atoms with Crippen LogP contribution in [-0.2, 0) is 16.0 Å². The summed E-state index contributed by atoms with van der Waals surface area (Å²) in [5, 5.41) is 0. The molecule has 4 aromatic rings. The maximum atomic E-state index is 12.8. The lowest BCUT2D eigenvalue weighted by molar-refractivity contribution is -0.106. The van der Waals surface area contributed by atoms with Crippen molar-refractivity contribution >= 4 is 23.1 Å². The fourth-order valence-corrected chi connectivity index (χ4v) is 7.32. The second-order valence-corrected chi connectivity index (χ2v) is 13.5. The van der Waals surface area contributed by atoms with Gasteiger partial charge in [0.15, 0.2) is 12.6 Å². The summed E-state index contributed by atoms with van der Waals surface area (Å²) in [5.41, 5.74) is 8.24. The highest BCUT2D eigenvalue weighted by atomic mass is 16.7. The molecule has 0 N–H and O–H groups in total. The molecule has 50 heavy (non-hydrogen) atoms. The summed E-state index contributed by atoms with van der Waals surface area (Å²) in [6.07, 6.45) is 9.49. The third-order valence-corrected chi connectivity index (χ3v) is 9.99. The van der Waals surface area contributed by atoms with E-state index in [0.29, 0.717) is 13.1 Å². The average molecular weight is 670 g/mol. The Bertz CT molecular complexity index is 1900. The number of hydrogen-bond donors (Lipinski definition) is 0. The van der Waals surface area contributed by atoms with Gasteiger partial charge in [-0.3, -0.25) is 4.79 Å². The topological polar surface area (TPSA) is 66.5 Å². The molecular weight excluding hydrogens is 626 g/mol. The van der Waals surface area contributed by atoms with Gasteiger partial charge in [0.05, 0.1) is 13.2 Å². The van der Waals surface area contributed by atoms with Crippen molar-refractivity contribution in [1.29, 1.82) is 0 Å². The molecule has 8 rings (SSSR count). The highest BCUT2D eigenvalue weighted by Crippen LogP contribution is 2.48. The number of allylic oxidation sites excluding steroid dienone is 1. The SMILES string of the molecule is CC1=C(c2cccc(OC3CCCCO3)c2)C(c2ccc(/C=C\CN3Cc4ccccc4C3=O)cc2)Oc2ccc(OC3CCCCO3)cc21. The molecule has 4 heterocycles. The first-order valence-corrected chi connectivity index (χ1v) is 17.9. The number of amides is 1. The summed E-state index contributed by atoms with van der Waals surface area (Å²) < 4.78 is 31.2. The molecule has 0 saturated carbocycles. The molecule has 3 atom stereocenters. The molecule has 2 saturated heterocycles. The first-order chi connectivity index (χ1) is 24.6. The molecule has 4 aliphatic heterocycles. The summed E-state index contributed by atoms with van der Waals surface area (Å²) in [5.74, 6) is 2.47.